The lowest BCUT2D eigenvalue weighted by molar-refractivity contribution is -0.647. The number of fused-ring (bicyclic) bond motifs is 2. The van der Waals surface area contributed by atoms with Crippen LogP contribution in [0.15, 0.2) is 109 Å². The highest BCUT2D eigenvalue weighted by molar-refractivity contribution is 6.00. The highest BCUT2D eigenvalue weighted by Crippen LogP contribution is 2.22. The minimum Gasteiger partial charge on any atom is -1.00 e. The van der Waals surface area contributed by atoms with Gasteiger partial charge in [-0.15, -0.1) is 0 Å². The van der Waals surface area contributed by atoms with Gasteiger partial charge in [0, 0.05) is 48.5 Å². The number of rotatable bonds is 12. The van der Waals surface area contributed by atoms with E-state index in [-0.39, 0.29) is 49.2 Å². The van der Waals surface area contributed by atoms with Crippen molar-refractivity contribution >= 4 is 81.0 Å². The fraction of sp³-hybridized carbons (Fsp3) is 0.136. The van der Waals surface area contributed by atoms with E-state index in [1.54, 1.807) is 35.4 Å². The van der Waals surface area contributed by atoms with Gasteiger partial charge in [-0.2, -0.15) is 9.13 Å². The summed E-state index contributed by atoms with van der Waals surface area (Å²) in [6.45, 7) is 0. The van der Waals surface area contributed by atoms with Crippen molar-refractivity contribution in [3.05, 3.63) is 143 Å². The van der Waals surface area contributed by atoms with E-state index in [1.165, 1.54) is 0 Å². The summed E-state index contributed by atoms with van der Waals surface area (Å²) in [4.78, 5) is 47.4. The van der Waals surface area contributed by atoms with Crippen LogP contribution in [0.1, 0.15) is 56.1 Å². The molecule has 2 atom stereocenters. The van der Waals surface area contributed by atoms with Gasteiger partial charge >= 0.3 is 11.9 Å². The molecule has 0 spiro atoms. The van der Waals surface area contributed by atoms with E-state index < -0.39 is 24.0 Å². The Balaban J connectivity index is 0.000000300. The van der Waals surface area contributed by atoms with Crippen LogP contribution in [0, 0.1) is 0 Å². The van der Waals surface area contributed by atoms with E-state index >= 15 is 0 Å². The number of aromatic nitrogens is 2. The Morgan fingerprint density at radius 2 is 0.879 bits per heavy atom. The molecule has 0 amide bonds. The number of aryl methyl sites for hydroxylation is 2. The Morgan fingerprint density at radius 3 is 1.21 bits per heavy atom. The van der Waals surface area contributed by atoms with Crippen LogP contribution in [0.5, 0.6) is 0 Å². The van der Waals surface area contributed by atoms with Crippen molar-refractivity contribution in [2.45, 2.75) is 24.9 Å². The molecule has 14 heteroatoms. The topological polar surface area (TPSA) is 221 Å². The minimum absolute atomic E-state index is 0. The maximum absolute atomic E-state index is 12.7. The maximum atomic E-state index is 12.7. The molecule has 2 heterocycles. The number of carboxylic acids is 2. The second kappa shape index (κ2) is 20.6. The number of para-hydroxylation sites is 2. The third-order valence-electron chi connectivity index (χ3n) is 9.26. The standard InChI is InChI=1S/2C22H21N3O3.2ClH/c2*1-25-19-5-3-2-4-17(19)15(9-6-14-7-10-16(23)11-8-14)12-20(25)21(26)13-18(24)22(27)28;;/h2*2-12,18,23H,13,24H2,1H3,(H,27,28);2*1H. The van der Waals surface area contributed by atoms with Gasteiger partial charge in [-0.3, -0.25) is 19.2 Å². The van der Waals surface area contributed by atoms with Crippen molar-refractivity contribution in [2.24, 2.45) is 25.6 Å². The zero-order chi connectivity index (χ0) is 40.5. The molecular formula is C44H44Cl2N6O6. The summed E-state index contributed by atoms with van der Waals surface area (Å²) in [6.07, 6.45) is 7.23. The first-order chi connectivity index (χ1) is 26.7. The van der Waals surface area contributed by atoms with Crippen molar-refractivity contribution in [3.63, 3.8) is 0 Å². The third-order valence-corrected chi connectivity index (χ3v) is 9.26. The van der Waals surface area contributed by atoms with E-state index in [1.807, 2.05) is 121 Å². The van der Waals surface area contributed by atoms with Gasteiger partial charge in [0.25, 0.3) is 0 Å². The number of pyridine rings is 2. The fourth-order valence-corrected chi connectivity index (χ4v) is 6.10. The van der Waals surface area contributed by atoms with Crippen LogP contribution in [0.25, 0.3) is 46.1 Å². The first kappa shape index (κ1) is 45.9. The highest BCUT2D eigenvalue weighted by atomic mass is 35.5. The van der Waals surface area contributed by atoms with Gasteiger partial charge < -0.3 is 58.0 Å². The first-order valence-corrected chi connectivity index (χ1v) is 17.7. The molecule has 0 fully saturated rings. The number of hydrogen-bond donors (Lipinski definition) is 6. The first-order valence-electron chi connectivity index (χ1n) is 17.7. The summed E-state index contributed by atoms with van der Waals surface area (Å²) < 4.78 is 3.54. The number of anilines is 2. The number of Topliss-reactive ketones (excluding diaryl/α,β-unsaturated/α-hetero) is 2. The van der Waals surface area contributed by atoms with Gasteiger partial charge in [-0.05, 0) is 58.7 Å². The summed E-state index contributed by atoms with van der Waals surface area (Å²) in [5.74, 6) is -3.02. The Bertz CT molecular complexity index is 2330. The predicted molar refractivity (Wildman–Crippen MR) is 219 cm³/mol. The molecule has 4 aromatic carbocycles. The molecule has 58 heavy (non-hydrogen) atoms. The molecule has 6 aromatic rings. The molecule has 0 saturated heterocycles. The molecular weight excluding hydrogens is 779 g/mol. The lowest BCUT2D eigenvalue weighted by atomic mass is 10.0. The molecule has 0 radical (unpaired) electrons. The number of carbonyl (C=O) groups excluding carboxylic acids is 2. The number of benzene rings is 4. The van der Waals surface area contributed by atoms with E-state index in [2.05, 4.69) is 0 Å². The number of carboxylic acid groups (broad SMARTS) is 2. The lowest BCUT2D eigenvalue weighted by Crippen LogP contribution is -3.00. The zero-order valence-corrected chi connectivity index (χ0v) is 33.3. The van der Waals surface area contributed by atoms with Gasteiger partial charge in [0.1, 0.15) is 26.2 Å². The van der Waals surface area contributed by atoms with Gasteiger partial charge in [-0.25, -0.2) is 0 Å². The lowest BCUT2D eigenvalue weighted by Gasteiger charge is -2.08. The van der Waals surface area contributed by atoms with E-state index in [0.29, 0.717) is 22.8 Å². The molecule has 2 unspecified atom stereocenters. The predicted octanol–water partition coefficient (Wildman–Crippen LogP) is -1.19. The van der Waals surface area contributed by atoms with Crippen LogP contribution in [-0.4, -0.2) is 45.8 Å². The normalized spacial score (nSPS) is 11.9. The van der Waals surface area contributed by atoms with Gasteiger partial charge in [0.2, 0.25) is 34.0 Å². The Morgan fingerprint density at radius 1 is 0.552 bits per heavy atom. The van der Waals surface area contributed by atoms with E-state index in [9.17, 15) is 19.2 Å². The van der Waals surface area contributed by atoms with Crippen LogP contribution >= 0.6 is 0 Å². The second-order valence-corrected chi connectivity index (χ2v) is 13.3. The number of nitrogens with zero attached hydrogens (tertiary/aromatic N) is 2. The van der Waals surface area contributed by atoms with Crippen LogP contribution in [0.3, 0.4) is 0 Å². The average molecular weight is 824 g/mol. The number of carbonyl (C=O) groups is 4. The summed E-state index contributed by atoms with van der Waals surface area (Å²) in [6, 6.07) is 31.5. The largest absolute Gasteiger partial charge is 1.00 e. The number of hydrogen-bond acceptors (Lipinski definition) is 8. The molecule has 0 aliphatic carbocycles. The zero-order valence-electron chi connectivity index (χ0n) is 31.8. The average Bonchev–Trinajstić information content (AvgIpc) is 3.18. The smallest absolute Gasteiger partial charge is 0.320 e. The third kappa shape index (κ3) is 11.3. The number of nitrogen functional groups attached to an aromatic ring is 2. The van der Waals surface area contributed by atoms with E-state index in [0.717, 1.165) is 44.1 Å². The summed E-state index contributed by atoms with van der Waals surface area (Å²) in [5, 5.41) is 20.0. The molecule has 300 valence electrons. The molecule has 12 nitrogen and oxygen atoms in total. The molecule has 10 N–H and O–H groups in total. The van der Waals surface area contributed by atoms with Crippen LogP contribution < -0.4 is 56.9 Å². The van der Waals surface area contributed by atoms with E-state index in [4.69, 9.17) is 33.1 Å². The Hall–Kier alpha value is -6.44. The molecule has 0 aliphatic heterocycles. The quantitative estimate of drug-likeness (QED) is 0.0493. The SMILES string of the molecule is C[n+]1c(C(=O)CC(N)C(=O)O)cc(C=Cc2ccc(N)cc2)c2ccccc21.C[n+]1c(C(=O)CC(N)C(=O)O)cc(C=Cc2ccc(N)cc2)c2ccccc21.[Cl-].[Cl-]. The van der Waals surface area contributed by atoms with Crippen LogP contribution in [0.2, 0.25) is 0 Å². The molecule has 2 aromatic heterocycles. The summed E-state index contributed by atoms with van der Waals surface area (Å²) >= 11 is 0. The maximum Gasteiger partial charge on any atom is 0.320 e. The highest BCUT2D eigenvalue weighted by Gasteiger charge is 2.27. The van der Waals surface area contributed by atoms with Crippen LogP contribution in [0.4, 0.5) is 11.4 Å². The minimum atomic E-state index is -1.23. The van der Waals surface area contributed by atoms with Gasteiger partial charge in [-0.1, -0.05) is 72.8 Å². The number of nitrogens with two attached hydrogens (primary N) is 4. The van der Waals surface area contributed by atoms with Crippen molar-refractivity contribution in [2.75, 3.05) is 11.5 Å². The molecule has 0 bridgehead atoms. The molecule has 6 rings (SSSR count). The monoisotopic (exact) mass is 822 g/mol. The Labute approximate surface area is 347 Å². The number of aliphatic carboxylic acids is 2. The van der Waals surface area contributed by atoms with Gasteiger partial charge in [0.15, 0.2) is 0 Å². The van der Waals surface area contributed by atoms with Crippen molar-refractivity contribution < 1.29 is 63.3 Å². The number of halogens is 2. The Kier molecular flexibility index (Phi) is 16.4. The fourth-order valence-electron chi connectivity index (χ4n) is 6.10. The van der Waals surface area contributed by atoms with Gasteiger partial charge in [0.05, 0.1) is 10.8 Å². The summed E-state index contributed by atoms with van der Waals surface area (Å²) in [7, 11) is 3.57. The second-order valence-electron chi connectivity index (χ2n) is 13.3. The number of ketones is 2. The van der Waals surface area contributed by atoms with Crippen molar-refractivity contribution in [3.8, 4) is 0 Å². The van der Waals surface area contributed by atoms with Crippen molar-refractivity contribution in [1.82, 2.24) is 0 Å². The summed E-state index contributed by atoms with van der Waals surface area (Å²) in [5.41, 5.74) is 30.2. The van der Waals surface area contributed by atoms with Crippen LogP contribution in [-0.2, 0) is 23.7 Å². The van der Waals surface area contributed by atoms with Crippen molar-refractivity contribution in [1.29, 1.82) is 0 Å². The molecule has 0 saturated carbocycles. The molecule has 0 aliphatic rings.